The number of aryl methyl sites for hydroxylation is 1. The molecule has 1 aliphatic carbocycles. The lowest BCUT2D eigenvalue weighted by atomic mass is 9.85. The first kappa shape index (κ1) is 14.0. The van der Waals surface area contributed by atoms with E-state index in [4.69, 9.17) is 18.0 Å². The zero-order valence-corrected chi connectivity index (χ0v) is 11.8. The number of nitrogens with one attached hydrogen (secondary N) is 1. The summed E-state index contributed by atoms with van der Waals surface area (Å²) in [6, 6.07) is 1.89. The van der Waals surface area contributed by atoms with Gasteiger partial charge in [-0.1, -0.05) is 25.1 Å². The molecule has 1 heterocycles. The van der Waals surface area contributed by atoms with Gasteiger partial charge in [0.2, 0.25) is 5.91 Å². The number of thiocarbonyl (C=S) groups is 1. The van der Waals surface area contributed by atoms with Gasteiger partial charge in [0.1, 0.15) is 0 Å². The summed E-state index contributed by atoms with van der Waals surface area (Å²) < 4.78 is 1.85. The largest absolute Gasteiger partial charge is 0.392 e. The van der Waals surface area contributed by atoms with Crippen molar-refractivity contribution in [1.82, 2.24) is 15.1 Å². The maximum absolute atomic E-state index is 12.3. The molecule has 0 atom stereocenters. The summed E-state index contributed by atoms with van der Waals surface area (Å²) in [5.41, 5.74) is 5.18. The number of hydrogen-bond acceptors (Lipinski definition) is 3. The fourth-order valence-corrected chi connectivity index (χ4v) is 2.91. The van der Waals surface area contributed by atoms with Crippen LogP contribution in [0.5, 0.6) is 0 Å². The van der Waals surface area contributed by atoms with Crippen molar-refractivity contribution in [2.75, 3.05) is 6.54 Å². The highest BCUT2D eigenvalue weighted by Crippen LogP contribution is 2.38. The van der Waals surface area contributed by atoms with Crippen molar-refractivity contribution >= 4 is 23.1 Å². The Hall–Kier alpha value is -1.43. The molecule has 0 radical (unpaired) electrons. The number of carbonyl (C=O) groups excluding carboxylic acids is 1. The summed E-state index contributed by atoms with van der Waals surface area (Å²) in [6.45, 7) is 1.43. The first-order valence-electron chi connectivity index (χ1n) is 6.71. The number of carbonyl (C=O) groups is 1. The van der Waals surface area contributed by atoms with Gasteiger partial charge in [0.15, 0.2) is 0 Å². The molecule has 19 heavy (non-hydrogen) atoms. The number of nitrogens with two attached hydrogens (primary N) is 1. The molecule has 1 aliphatic rings. The van der Waals surface area contributed by atoms with E-state index in [-0.39, 0.29) is 5.91 Å². The van der Waals surface area contributed by atoms with E-state index in [1.54, 1.807) is 6.20 Å². The maximum Gasteiger partial charge on any atom is 0.233 e. The minimum Gasteiger partial charge on any atom is -0.392 e. The summed E-state index contributed by atoms with van der Waals surface area (Å²) in [4.78, 5) is 12.6. The van der Waals surface area contributed by atoms with E-state index < -0.39 is 5.41 Å². The van der Waals surface area contributed by atoms with E-state index in [1.165, 1.54) is 0 Å². The summed E-state index contributed by atoms with van der Waals surface area (Å²) >= 11 is 5.09. The second-order valence-corrected chi connectivity index (χ2v) is 5.47. The third kappa shape index (κ3) is 3.12. The molecule has 6 heteroatoms. The summed E-state index contributed by atoms with van der Waals surface area (Å²) in [5, 5.41) is 7.08. The molecule has 104 valence electrons. The fourth-order valence-electron chi connectivity index (χ4n) is 2.61. The number of nitrogens with zero attached hydrogens (tertiary/aromatic N) is 2. The molecule has 0 aromatic carbocycles. The standard InChI is InChI=1S/C13H20N4OS/c14-11(19)13(5-1-2-6-13)12(18)15-7-3-9-17-10-4-8-16-17/h4,8,10H,1-3,5-7,9H2,(H2,14,19)(H,15,18). The molecular formula is C13H20N4OS. The molecule has 0 spiro atoms. The van der Waals surface area contributed by atoms with Crippen LogP contribution >= 0.6 is 12.2 Å². The number of rotatable bonds is 6. The quantitative estimate of drug-likeness (QED) is 0.607. The molecule has 1 aromatic rings. The molecular weight excluding hydrogens is 260 g/mol. The molecule has 0 unspecified atom stereocenters. The lowest BCUT2D eigenvalue weighted by molar-refractivity contribution is -0.127. The van der Waals surface area contributed by atoms with Crippen molar-refractivity contribution in [3.8, 4) is 0 Å². The van der Waals surface area contributed by atoms with E-state index >= 15 is 0 Å². The van der Waals surface area contributed by atoms with E-state index in [9.17, 15) is 4.79 Å². The Balaban J connectivity index is 1.78. The zero-order chi connectivity index (χ0) is 13.7. The van der Waals surface area contributed by atoms with Crippen LogP contribution in [0.25, 0.3) is 0 Å². The van der Waals surface area contributed by atoms with E-state index in [0.717, 1.165) is 38.6 Å². The predicted molar refractivity (Wildman–Crippen MR) is 77.5 cm³/mol. The molecule has 5 nitrogen and oxygen atoms in total. The van der Waals surface area contributed by atoms with Crippen LogP contribution in [-0.4, -0.2) is 27.2 Å². The van der Waals surface area contributed by atoms with Crippen LogP contribution in [0.3, 0.4) is 0 Å². The Morgan fingerprint density at radius 3 is 2.79 bits per heavy atom. The monoisotopic (exact) mass is 280 g/mol. The van der Waals surface area contributed by atoms with Gasteiger partial charge in [0.25, 0.3) is 0 Å². The van der Waals surface area contributed by atoms with Crippen molar-refractivity contribution in [3.05, 3.63) is 18.5 Å². The third-order valence-electron chi connectivity index (χ3n) is 3.77. The normalized spacial score (nSPS) is 17.3. The van der Waals surface area contributed by atoms with Gasteiger partial charge in [-0.05, 0) is 25.3 Å². The first-order valence-corrected chi connectivity index (χ1v) is 7.12. The Bertz CT molecular complexity index is 438. The molecule has 1 aromatic heterocycles. The van der Waals surface area contributed by atoms with Gasteiger partial charge in [-0.2, -0.15) is 5.10 Å². The van der Waals surface area contributed by atoms with Crippen LogP contribution in [-0.2, 0) is 11.3 Å². The van der Waals surface area contributed by atoms with Gasteiger partial charge in [-0.3, -0.25) is 9.48 Å². The average molecular weight is 280 g/mol. The van der Waals surface area contributed by atoms with Crippen LogP contribution in [0.15, 0.2) is 18.5 Å². The highest BCUT2D eigenvalue weighted by Gasteiger charge is 2.43. The van der Waals surface area contributed by atoms with Crippen LogP contribution in [0.1, 0.15) is 32.1 Å². The SMILES string of the molecule is NC(=S)C1(C(=O)NCCCn2cccn2)CCCC1. The van der Waals surface area contributed by atoms with E-state index in [2.05, 4.69) is 10.4 Å². The second-order valence-electron chi connectivity index (χ2n) is 5.03. The second kappa shape index (κ2) is 6.14. The van der Waals surface area contributed by atoms with Gasteiger partial charge >= 0.3 is 0 Å². The van der Waals surface area contributed by atoms with E-state index in [1.807, 2.05) is 16.9 Å². The molecule has 3 N–H and O–H groups in total. The zero-order valence-electron chi connectivity index (χ0n) is 11.0. The van der Waals surface area contributed by atoms with Crippen LogP contribution in [0, 0.1) is 5.41 Å². The number of amides is 1. The van der Waals surface area contributed by atoms with Gasteiger partial charge in [-0.15, -0.1) is 0 Å². The van der Waals surface area contributed by atoms with Crippen LogP contribution in [0.2, 0.25) is 0 Å². The van der Waals surface area contributed by atoms with E-state index in [0.29, 0.717) is 11.5 Å². The lowest BCUT2D eigenvalue weighted by Gasteiger charge is -2.26. The number of aromatic nitrogens is 2. The summed E-state index contributed by atoms with van der Waals surface area (Å²) in [5.74, 6) is -0.00188. The van der Waals surface area contributed by atoms with Gasteiger partial charge < -0.3 is 11.1 Å². The minimum absolute atomic E-state index is 0.00188. The molecule has 2 rings (SSSR count). The van der Waals surface area contributed by atoms with Crippen molar-refractivity contribution in [2.45, 2.75) is 38.6 Å². The van der Waals surface area contributed by atoms with Crippen molar-refractivity contribution in [3.63, 3.8) is 0 Å². The average Bonchev–Trinajstić information content (AvgIpc) is 3.05. The number of hydrogen-bond donors (Lipinski definition) is 2. The topological polar surface area (TPSA) is 72.9 Å². The van der Waals surface area contributed by atoms with Crippen LogP contribution in [0.4, 0.5) is 0 Å². The Morgan fingerprint density at radius 2 is 2.21 bits per heavy atom. The van der Waals surface area contributed by atoms with Crippen molar-refractivity contribution in [1.29, 1.82) is 0 Å². The molecule has 1 amide bonds. The maximum atomic E-state index is 12.3. The summed E-state index contributed by atoms with van der Waals surface area (Å²) in [7, 11) is 0. The first-order chi connectivity index (χ1) is 9.15. The van der Waals surface area contributed by atoms with Gasteiger partial charge in [-0.25, -0.2) is 0 Å². The Kier molecular flexibility index (Phi) is 4.52. The minimum atomic E-state index is -0.596. The molecule has 0 saturated heterocycles. The summed E-state index contributed by atoms with van der Waals surface area (Å²) in [6.07, 6.45) is 8.13. The molecule has 1 saturated carbocycles. The lowest BCUT2D eigenvalue weighted by Crippen LogP contribution is -2.47. The predicted octanol–water partition coefficient (Wildman–Crippen LogP) is 1.24. The van der Waals surface area contributed by atoms with Gasteiger partial charge in [0.05, 0.1) is 10.4 Å². The van der Waals surface area contributed by atoms with Crippen molar-refractivity contribution in [2.24, 2.45) is 11.1 Å². The fraction of sp³-hybridized carbons (Fsp3) is 0.615. The Morgan fingerprint density at radius 1 is 1.47 bits per heavy atom. The molecule has 0 bridgehead atoms. The highest BCUT2D eigenvalue weighted by atomic mass is 32.1. The van der Waals surface area contributed by atoms with Gasteiger partial charge in [0, 0.05) is 25.5 Å². The smallest absolute Gasteiger partial charge is 0.233 e. The molecule has 1 fully saturated rings. The molecule has 0 aliphatic heterocycles. The highest BCUT2D eigenvalue weighted by molar-refractivity contribution is 7.80. The van der Waals surface area contributed by atoms with Crippen molar-refractivity contribution < 1.29 is 4.79 Å². The third-order valence-corrected chi connectivity index (χ3v) is 4.16. The van der Waals surface area contributed by atoms with Crippen LogP contribution < -0.4 is 11.1 Å². The Labute approximate surface area is 118 Å².